The van der Waals surface area contributed by atoms with Gasteiger partial charge in [0.15, 0.2) is 11.5 Å². The van der Waals surface area contributed by atoms with Crippen LogP contribution in [-0.2, 0) is 16.1 Å². The molecule has 1 aliphatic rings. The van der Waals surface area contributed by atoms with E-state index in [2.05, 4.69) is 5.32 Å². The Hall–Kier alpha value is -3.30. The average molecular weight is 392 g/mol. The molecule has 1 heterocycles. The number of hydrogen-bond donors (Lipinski definition) is 1. The Balaban J connectivity index is 1.70. The monoisotopic (exact) mass is 392 g/mol. The van der Waals surface area contributed by atoms with Gasteiger partial charge in [0.2, 0.25) is 0 Å². The number of ether oxygens (including phenoxy) is 3. The van der Waals surface area contributed by atoms with Gasteiger partial charge < -0.3 is 19.5 Å². The van der Waals surface area contributed by atoms with Crippen molar-refractivity contribution in [2.75, 3.05) is 20.3 Å². The molecule has 1 amide bonds. The van der Waals surface area contributed by atoms with Crippen molar-refractivity contribution in [3.8, 4) is 17.6 Å². The summed E-state index contributed by atoms with van der Waals surface area (Å²) in [6, 6.07) is 17.0. The normalized spacial score (nSPS) is 16.1. The van der Waals surface area contributed by atoms with Crippen molar-refractivity contribution in [3.05, 3.63) is 65.2 Å². The molecule has 0 saturated carbocycles. The first-order valence-corrected chi connectivity index (χ1v) is 9.56. The zero-order chi connectivity index (χ0) is 20.5. The maximum Gasteiger partial charge on any atom is 0.262 e. The van der Waals surface area contributed by atoms with Crippen LogP contribution in [0.5, 0.6) is 11.5 Å². The minimum atomic E-state index is -0.412. The fraction of sp³-hybridized carbons (Fsp3) is 0.304. The molecule has 0 spiro atoms. The highest BCUT2D eigenvalue weighted by molar-refractivity contribution is 6.01. The molecule has 1 N–H and O–H groups in total. The molecule has 6 heteroatoms. The van der Waals surface area contributed by atoms with Gasteiger partial charge in [-0.1, -0.05) is 36.4 Å². The van der Waals surface area contributed by atoms with Crippen molar-refractivity contribution in [3.63, 3.8) is 0 Å². The highest BCUT2D eigenvalue weighted by Crippen LogP contribution is 2.29. The van der Waals surface area contributed by atoms with E-state index in [0.717, 1.165) is 25.0 Å². The molecular formula is C23H24N2O4. The highest BCUT2D eigenvalue weighted by atomic mass is 16.5. The number of benzene rings is 2. The highest BCUT2D eigenvalue weighted by Gasteiger charge is 2.17. The molecule has 1 fully saturated rings. The maximum atomic E-state index is 12.3. The lowest BCUT2D eigenvalue weighted by molar-refractivity contribution is -0.117. The van der Waals surface area contributed by atoms with Gasteiger partial charge in [0.1, 0.15) is 18.2 Å². The molecule has 3 rings (SSSR count). The quantitative estimate of drug-likeness (QED) is 0.550. The van der Waals surface area contributed by atoms with Crippen LogP contribution in [0.4, 0.5) is 0 Å². The molecule has 150 valence electrons. The third-order valence-corrected chi connectivity index (χ3v) is 4.62. The van der Waals surface area contributed by atoms with E-state index < -0.39 is 5.91 Å². The topological polar surface area (TPSA) is 80.6 Å². The summed E-state index contributed by atoms with van der Waals surface area (Å²) in [5.41, 5.74) is 1.74. The third-order valence-electron chi connectivity index (χ3n) is 4.62. The smallest absolute Gasteiger partial charge is 0.262 e. The summed E-state index contributed by atoms with van der Waals surface area (Å²) in [5, 5.41) is 12.2. The largest absolute Gasteiger partial charge is 0.493 e. The Morgan fingerprint density at radius 1 is 1.28 bits per heavy atom. The Bertz CT molecular complexity index is 897. The number of carbonyl (C=O) groups excluding carboxylic acids is 1. The molecule has 29 heavy (non-hydrogen) atoms. The van der Waals surface area contributed by atoms with Gasteiger partial charge in [0, 0.05) is 13.2 Å². The van der Waals surface area contributed by atoms with E-state index >= 15 is 0 Å². The van der Waals surface area contributed by atoms with Crippen LogP contribution in [0.2, 0.25) is 0 Å². The van der Waals surface area contributed by atoms with Gasteiger partial charge >= 0.3 is 0 Å². The number of nitriles is 1. The Labute approximate surface area is 170 Å². The molecule has 2 aromatic rings. The van der Waals surface area contributed by atoms with Crippen molar-refractivity contribution >= 4 is 12.0 Å². The van der Waals surface area contributed by atoms with E-state index in [-0.39, 0.29) is 11.7 Å². The second-order valence-electron chi connectivity index (χ2n) is 6.70. The summed E-state index contributed by atoms with van der Waals surface area (Å²) in [4.78, 5) is 12.3. The van der Waals surface area contributed by atoms with Crippen LogP contribution in [0.3, 0.4) is 0 Å². The Morgan fingerprint density at radius 2 is 2.10 bits per heavy atom. The van der Waals surface area contributed by atoms with Crippen LogP contribution in [0, 0.1) is 11.3 Å². The predicted octanol–water partition coefficient (Wildman–Crippen LogP) is 3.48. The number of nitrogens with zero attached hydrogens (tertiary/aromatic N) is 1. The van der Waals surface area contributed by atoms with Crippen LogP contribution in [0.25, 0.3) is 6.08 Å². The Morgan fingerprint density at radius 3 is 2.79 bits per heavy atom. The molecule has 0 bridgehead atoms. The fourth-order valence-electron chi connectivity index (χ4n) is 3.05. The summed E-state index contributed by atoms with van der Waals surface area (Å²) < 4.78 is 16.7. The van der Waals surface area contributed by atoms with Crippen LogP contribution in [0.15, 0.2) is 54.1 Å². The van der Waals surface area contributed by atoms with Crippen LogP contribution in [0.1, 0.15) is 24.0 Å². The molecular weight excluding hydrogens is 368 g/mol. The van der Waals surface area contributed by atoms with Gasteiger partial charge in [-0.05, 0) is 42.2 Å². The van der Waals surface area contributed by atoms with Gasteiger partial charge in [0.05, 0.1) is 13.2 Å². The van der Waals surface area contributed by atoms with Crippen molar-refractivity contribution in [1.82, 2.24) is 5.32 Å². The summed E-state index contributed by atoms with van der Waals surface area (Å²) in [6.07, 6.45) is 3.49. The molecule has 1 aliphatic heterocycles. The second-order valence-corrected chi connectivity index (χ2v) is 6.70. The average Bonchev–Trinajstić information content (AvgIpc) is 3.29. The molecule has 0 aliphatic carbocycles. The third kappa shape index (κ3) is 5.84. The first-order valence-electron chi connectivity index (χ1n) is 9.56. The van der Waals surface area contributed by atoms with Crippen molar-refractivity contribution in [2.24, 2.45) is 0 Å². The van der Waals surface area contributed by atoms with E-state index in [1.807, 2.05) is 36.4 Å². The lowest BCUT2D eigenvalue weighted by Gasteiger charge is -2.12. The number of amides is 1. The van der Waals surface area contributed by atoms with Crippen molar-refractivity contribution in [1.29, 1.82) is 5.26 Å². The molecule has 2 aromatic carbocycles. The van der Waals surface area contributed by atoms with Gasteiger partial charge in [-0.2, -0.15) is 5.26 Å². The van der Waals surface area contributed by atoms with E-state index in [9.17, 15) is 10.1 Å². The standard InChI is InChI=1S/C23H24N2O4/c1-27-21-10-9-18(13-22(21)29-16-17-6-3-2-4-7-17)12-19(14-24)23(26)25-15-20-8-5-11-28-20/h2-4,6-7,9-10,12-13,20H,5,8,11,15-16H2,1H3,(H,25,26)/b19-12+/t20-/m1/s1. The molecule has 6 nitrogen and oxygen atoms in total. The van der Waals surface area contributed by atoms with Gasteiger partial charge in [-0.15, -0.1) is 0 Å². The lowest BCUT2D eigenvalue weighted by atomic mass is 10.1. The summed E-state index contributed by atoms with van der Waals surface area (Å²) in [5.74, 6) is 0.715. The molecule has 0 radical (unpaired) electrons. The van der Waals surface area contributed by atoms with E-state index in [4.69, 9.17) is 14.2 Å². The maximum absolute atomic E-state index is 12.3. The van der Waals surface area contributed by atoms with Gasteiger partial charge in [-0.3, -0.25) is 4.79 Å². The first-order chi connectivity index (χ1) is 14.2. The first kappa shape index (κ1) is 20.4. The number of rotatable bonds is 8. The van der Waals surface area contributed by atoms with E-state index in [0.29, 0.717) is 30.2 Å². The number of hydrogen-bond acceptors (Lipinski definition) is 5. The SMILES string of the molecule is COc1ccc(/C=C(\C#N)C(=O)NC[C@H]2CCCO2)cc1OCc1ccccc1. The number of carbonyl (C=O) groups is 1. The van der Waals surface area contributed by atoms with E-state index in [1.54, 1.807) is 31.4 Å². The molecule has 0 unspecified atom stereocenters. The fourth-order valence-corrected chi connectivity index (χ4v) is 3.05. The van der Waals surface area contributed by atoms with Gasteiger partial charge in [0.25, 0.3) is 5.91 Å². The van der Waals surface area contributed by atoms with Crippen LogP contribution >= 0.6 is 0 Å². The van der Waals surface area contributed by atoms with Gasteiger partial charge in [-0.25, -0.2) is 0 Å². The summed E-state index contributed by atoms with van der Waals surface area (Å²) >= 11 is 0. The summed E-state index contributed by atoms with van der Waals surface area (Å²) in [6.45, 7) is 1.52. The minimum Gasteiger partial charge on any atom is -0.493 e. The van der Waals surface area contributed by atoms with Crippen LogP contribution in [-0.4, -0.2) is 32.3 Å². The number of methoxy groups -OCH3 is 1. The molecule has 1 saturated heterocycles. The second kappa shape index (κ2) is 10.3. The minimum absolute atomic E-state index is 0.0258. The number of nitrogens with one attached hydrogen (secondary N) is 1. The van der Waals surface area contributed by atoms with Crippen molar-refractivity contribution in [2.45, 2.75) is 25.6 Å². The van der Waals surface area contributed by atoms with E-state index in [1.165, 1.54) is 0 Å². The Kier molecular flexibility index (Phi) is 7.26. The predicted molar refractivity (Wildman–Crippen MR) is 109 cm³/mol. The zero-order valence-electron chi connectivity index (χ0n) is 16.4. The summed E-state index contributed by atoms with van der Waals surface area (Å²) in [7, 11) is 1.57. The van der Waals surface area contributed by atoms with Crippen molar-refractivity contribution < 1.29 is 19.0 Å². The zero-order valence-corrected chi connectivity index (χ0v) is 16.4. The van der Waals surface area contributed by atoms with Crippen LogP contribution < -0.4 is 14.8 Å². The molecule has 0 aromatic heterocycles. The lowest BCUT2D eigenvalue weighted by Crippen LogP contribution is -2.32. The molecule has 1 atom stereocenters.